The first kappa shape index (κ1) is 34.0. The molecule has 2 heterocycles. The molecule has 1 saturated carbocycles. The van der Waals surface area contributed by atoms with Crippen LogP contribution in [0.5, 0.6) is 0 Å². The van der Waals surface area contributed by atoms with Crippen LogP contribution < -0.4 is 5.32 Å². The maximum absolute atomic E-state index is 13.1. The molecule has 10 heteroatoms. The molecule has 0 radical (unpaired) electrons. The van der Waals surface area contributed by atoms with Crippen molar-refractivity contribution in [3.8, 4) is 11.1 Å². The number of nitrogens with one attached hydrogen (secondary N) is 1. The first-order valence-electron chi connectivity index (χ1n) is 16.9. The molecule has 6 aromatic rings. The Labute approximate surface area is 302 Å². The van der Waals surface area contributed by atoms with Gasteiger partial charge in [0.25, 0.3) is 0 Å². The average Bonchev–Trinajstić information content (AvgIpc) is 3.73. The fraction of sp³-hybridized carbons (Fsp3) is 0.220. The van der Waals surface area contributed by atoms with Crippen LogP contribution in [0.1, 0.15) is 29.2 Å². The molecule has 4 unspecified atom stereocenters. The molecule has 258 valence electrons. The van der Waals surface area contributed by atoms with Crippen molar-refractivity contribution >= 4 is 40.7 Å². The molecule has 2 aromatic heterocycles. The molecule has 0 spiro atoms. The van der Waals surface area contributed by atoms with E-state index in [1.807, 2.05) is 109 Å². The second-order valence-electron chi connectivity index (χ2n) is 12.4. The van der Waals surface area contributed by atoms with Gasteiger partial charge >= 0.3 is 6.09 Å². The maximum atomic E-state index is 13.1. The van der Waals surface area contributed by atoms with Crippen LogP contribution >= 0.6 is 12.2 Å². The lowest BCUT2D eigenvalue weighted by molar-refractivity contribution is -0.0429. The van der Waals surface area contributed by atoms with Crippen molar-refractivity contribution in [3.63, 3.8) is 0 Å². The van der Waals surface area contributed by atoms with E-state index in [0.29, 0.717) is 43.1 Å². The minimum absolute atomic E-state index is 0.129. The van der Waals surface area contributed by atoms with Crippen LogP contribution in [0.25, 0.3) is 22.2 Å². The molecule has 1 amide bonds. The zero-order chi connectivity index (χ0) is 34.8. The van der Waals surface area contributed by atoms with Crippen molar-refractivity contribution in [2.24, 2.45) is 5.92 Å². The number of benzene rings is 4. The summed E-state index contributed by atoms with van der Waals surface area (Å²) in [7, 11) is 0. The van der Waals surface area contributed by atoms with Gasteiger partial charge in [-0.1, -0.05) is 121 Å². The van der Waals surface area contributed by atoms with Crippen molar-refractivity contribution in [2.45, 2.75) is 44.5 Å². The number of nitrogens with zero attached hydrogens (tertiary/aromatic N) is 3. The van der Waals surface area contributed by atoms with Crippen LogP contribution in [-0.2, 0) is 38.8 Å². The smallest absolute Gasteiger partial charge is 0.413 e. The Kier molecular flexibility index (Phi) is 11.0. The second-order valence-corrected chi connectivity index (χ2v) is 12.6. The predicted molar refractivity (Wildman–Crippen MR) is 200 cm³/mol. The fourth-order valence-corrected chi connectivity index (χ4v) is 6.88. The van der Waals surface area contributed by atoms with Gasteiger partial charge in [-0.2, -0.15) is 0 Å². The first-order chi connectivity index (χ1) is 25.2. The third-order valence-corrected chi connectivity index (χ3v) is 9.29. The van der Waals surface area contributed by atoms with Gasteiger partial charge in [0.05, 0.1) is 37.4 Å². The van der Waals surface area contributed by atoms with E-state index < -0.39 is 6.09 Å². The second kappa shape index (κ2) is 16.5. The molecule has 0 bridgehead atoms. The molecule has 1 aliphatic carbocycles. The summed E-state index contributed by atoms with van der Waals surface area (Å²) in [6.45, 7) is 1.44. The predicted octanol–water partition coefficient (Wildman–Crippen LogP) is 8.55. The summed E-state index contributed by atoms with van der Waals surface area (Å²) in [6.07, 6.45) is 2.91. The fourth-order valence-electron chi connectivity index (χ4n) is 6.75. The number of hydrogen-bond donors (Lipinski definition) is 1. The molecule has 7 rings (SSSR count). The standard InChI is InChI=1S/C41H38N4O5S/c46-41(49-25-31-17-9-3-10-18-31)44-39-37-33(32-19-11-4-12-20-32)22-45(40(37)43-27-42-39)35-21-36(48-24-30-15-7-2-8-16-30)34(38(35)50-28-51)26-47-23-29-13-5-1-6-14-29/h1-20,22,27-28,34-36,38H,21,23-26H2,(H,42,43,44,46). The third kappa shape index (κ3) is 8.15. The monoisotopic (exact) mass is 698 g/mol. The van der Waals surface area contributed by atoms with Crippen molar-refractivity contribution in [2.75, 3.05) is 11.9 Å². The van der Waals surface area contributed by atoms with Crippen LogP contribution in [0.15, 0.2) is 134 Å². The number of hydrogen-bond acceptors (Lipinski definition) is 8. The Morgan fingerprint density at radius 1 is 0.804 bits per heavy atom. The zero-order valence-electron chi connectivity index (χ0n) is 27.9. The third-order valence-electron chi connectivity index (χ3n) is 9.18. The largest absolute Gasteiger partial charge is 0.484 e. The summed E-state index contributed by atoms with van der Waals surface area (Å²) in [5.41, 5.74) is 6.82. The summed E-state index contributed by atoms with van der Waals surface area (Å²) >= 11 is 5.29. The van der Waals surface area contributed by atoms with Crippen LogP contribution in [0, 0.1) is 5.92 Å². The number of aromatic nitrogens is 3. The highest BCUT2D eigenvalue weighted by atomic mass is 32.1. The molecule has 1 aliphatic rings. The highest BCUT2D eigenvalue weighted by Gasteiger charge is 2.47. The Hall–Kier alpha value is -5.42. The van der Waals surface area contributed by atoms with Crippen molar-refractivity contribution in [1.29, 1.82) is 0 Å². The molecule has 1 fully saturated rings. The van der Waals surface area contributed by atoms with Gasteiger partial charge in [-0.15, -0.1) is 0 Å². The van der Waals surface area contributed by atoms with E-state index >= 15 is 0 Å². The molecule has 51 heavy (non-hydrogen) atoms. The molecule has 1 N–H and O–H groups in total. The molecule has 4 atom stereocenters. The first-order valence-corrected chi connectivity index (χ1v) is 17.4. The van der Waals surface area contributed by atoms with E-state index in [1.165, 1.54) is 11.9 Å². The average molecular weight is 699 g/mol. The summed E-state index contributed by atoms with van der Waals surface area (Å²) < 4.78 is 26.9. The number of amides is 1. The molecule has 4 aromatic carbocycles. The topological polar surface area (TPSA) is 96.7 Å². The van der Waals surface area contributed by atoms with Crippen LogP contribution in [-0.4, -0.2) is 45.0 Å². The summed E-state index contributed by atoms with van der Waals surface area (Å²) in [6, 6.07) is 39.5. The highest BCUT2D eigenvalue weighted by Crippen LogP contribution is 2.44. The Bertz CT molecular complexity index is 2030. The summed E-state index contributed by atoms with van der Waals surface area (Å²) in [5, 5.41) is 3.57. The number of fused-ring (bicyclic) bond motifs is 1. The number of thiocarbonyl (C=S) groups is 1. The lowest BCUT2D eigenvalue weighted by atomic mass is 10.0. The molecule has 0 saturated heterocycles. The van der Waals surface area contributed by atoms with Gasteiger partial charge in [0, 0.05) is 17.7 Å². The van der Waals surface area contributed by atoms with Crippen LogP contribution in [0.2, 0.25) is 0 Å². The van der Waals surface area contributed by atoms with Gasteiger partial charge < -0.3 is 23.5 Å². The van der Waals surface area contributed by atoms with Crippen molar-refractivity contribution < 1.29 is 23.7 Å². The highest BCUT2D eigenvalue weighted by molar-refractivity contribution is 7.78. The van der Waals surface area contributed by atoms with E-state index in [1.54, 1.807) is 0 Å². The minimum atomic E-state index is -0.613. The number of anilines is 1. The molecular formula is C41H38N4O5S. The SMILES string of the molecule is O=C(Nc1ncnc2c1c(-c1ccccc1)cn2C1CC(OCc2ccccc2)C(COCc2ccccc2)C1OC=S)OCc1ccccc1. The minimum Gasteiger partial charge on any atom is -0.484 e. The van der Waals surface area contributed by atoms with Crippen LogP contribution in [0.3, 0.4) is 0 Å². The van der Waals surface area contributed by atoms with E-state index in [2.05, 4.69) is 33.2 Å². The van der Waals surface area contributed by atoms with Crippen LogP contribution in [0.4, 0.5) is 10.6 Å². The number of carbonyl (C=O) groups excluding carboxylic acids is 1. The van der Waals surface area contributed by atoms with Gasteiger partial charge in [-0.25, -0.2) is 14.8 Å². The maximum Gasteiger partial charge on any atom is 0.413 e. The summed E-state index contributed by atoms with van der Waals surface area (Å²) in [5.74, 6) is 0.201. The van der Waals surface area contributed by atoms with Gasteiger partial charge in [0.1, 0.15) is 36.1 Å². The zero-order valence-corrected chi connectivity index (χ0v) is 28.7. The quantitative estimate of drug-likeness (QED) is 0.113. The van der Waals surface area contributed by atoms with Gasteiger partial charge in [-0.05, 0) is 40.9 Å². The van der Waals surface area contributed by atoms with Crippen molar-refractivity contribution in [1.82, 2.24) is 14.5 Å². The van der Waals surface area contributed by atoms with E-state index in [4.69, 9.17) is 36.1 Å². The molecule has 9 nitrogen and oxygen atoms in total. The molecular weight excluding hydrogens is 661 g/mol. The van der Waals surface area contributed by atoms with Gasteiger partial charge in [0.2, 0.25) is 0 Å². The number of carbonyl (C=O) groups is 1. The Balaban J connectivity index is 1.22. The van der Waals surface area contributed by atoms with E-state index in [9.17, 15) is 4.79 Å². The lowest BCUT2D eigenvalue weighted by Gasteiger charge is -2.26. The van der Waals surface area contributed by atoms with Gasteiger partial charge in [0.15, 0.2) is 0 Å². The van der Waals surface area contributed by atoms with Crippen molar-refractivity contribution in [3.05, 3.63) is 151 Å². The van der Waals surface area contributed by atoms with E-state index in [0.717, 1.165) is 27.8 Å². The number of ether oxygens (including phenoxy) is 4. The lowest BCUT2D eigenvalue weighted by Crippen LogP contribution is -2.33. The molecule has 0 aliphatic heterocycles. The van der Waals surface area contributed by atoms with E-state index in [-0.39, 0.29) is 30.8 Å². The Morgan fingerprint density at radius 3 is 2.06 bits per heavy atom. The van der Waals surface area contributed by atoms with Gasteiger partial charge in [-0.3, -0.25) is 5.32 Å². The number of rotatable bonds is 14. The summed E-state index contributed by atoms with van der Waals surface area (Å²) in [4.78, 5) is 22.4. The Morgan fingerprint density at radius 2 is 1.41 bits per heavy atom. The normalized spacial score (nSPS) is 18.4.